The number of hydrogen-bond acceptors (Lipinski definition) is 2. The average molecular weight is 301 g/mol. The Bertz CT molecular complexity index is 505. The molecule has 1 aliphatic carbocycles. The van der Waals surface area contributed by atoms with Crippen LogP contribution in [-0.4, -0.2) is 18.6 Å². The Morgan fingerprint density at radius 1 is 1.27 bits per heavy atom. The molecule has 0 saturated heterocycles. The molecule has 1 aliphatic rings. The van der Waals surface area contributed by atoms with Gasteiger partial charge < -0.3 is 10.1 Å². The minimum atomic E-state index is -0.414. The summed E-state index contributed by atoms with van der Waals surface area (Å²) < 4.78 is 5.80. The molecule has 3 heteroatoms. The monoisotopic (exact) mass is 301 g/mol. The molecule has 0 radical (unpaired) electrons. The summed E-state index contributed by atoms with van der Waals surface area (Å²) in [5, 5.41) is 3.01. The van der Waals surface area contributed by atoms with Gasteiger partial charge in [0.1, 0.15) is 5.75 Å². The maximum Gasteiger partial charge on any atom is 0.261 e. The standard InChI is InChI=1S/C19H27NO2/c1-3-18(22-17-11-9-15(2)10-12-17)19(21)20-14-13-16-7-5-4-6-8-16/h7,9-12,18H,3-6,8,13-14H2,1-2H3,(H,20,21)/t18-/m1/s1. The van der Waals surface area contributed by atoms with Crippen molar-refractivity contribution in [3.8, 4) is 5.75 Å². The van der Waals surface area contributed by atoms with E-state index >= 15 is 0 Å². The van der Waals surface area contributed by atoms with Gasteiger partial charge in [-0.15, -0.1) is 0 Å². The summed E-state index contributed by atoms with van der Waals surface area (Å²) in [4.78, 5) is 12.2. The zero-order chi connectivity index (χ0) is 15.8. The summed E-state index contributed by atoms with van der Waals surface area (Å²) in [6.45, 7) is 4.72. The van der Waals surface area contributed by atoms with Crippen LogP contribution in [0.2, 0.25) is 0 Å². The fraction of sp³-hybridized carbons (Fsp3) is 0.526. The first-order valence-electron chi connectivity index (χ1n) is 8.38. The summed E-state index contributed by atoms with van der Waals surface area (Å²) in [5.41, 5.74) is 2.67. The maximum atomic E-state index is 12.2. The molecule has 0 fully saturated rings. The Kier molecular flexibility index (Phi) is 6.50. The van der Waals surface area contributed by atoms with Gasteiger partial charge in [0.2, 0.25) is 0 Å². The minimum absolute atomic E-state index is 0.0144. The van der Waals surface area contributed by atoms with Gasteiger partial charge in [0.15, 0.2) is 6.10 Å². The Morgan fingerprint density at radius 2 is 2.05 bits per heavy atom. The van der Waals surface area contributed by atoms with Gasteiger partial charge >= 0.3 is 0 Å². The molecule has 1 atom stereocenters. The number of amides is 1. The molecule has 22 heavy (non-hydrogen) atoms. The number of ether oxygens (including phenoxy) is 1. The predicted molar refractivity (Wildman–Crippen MR) is 90.1 cm³/mol. The average Bonchev–Trinajstić information content (AvgIpc) is 2.55. The van der Waals surface area contributed by atoms with Crippen LogP contribution >= 0.6 is 0 Å². The topological polar surface area (TPSA) is 38.3 Å². The van der Waals surface area contributed by atoms with E-state index in [1.807, 2.05) is 38.1 Å². The first kappa shape index (κ1) is 16.6. The summed E-state index contributed by atoms with van der Waals surface area (Å²) in [6.07, 6.45) is 8.52. The van der Waals surface area contributed by atoms with Crippen molar-refractivity contribution in [2.24, 2.45) is 0 Å². The molecule has 1 aromatic carbocycles. The number of rotatable bonds is 7. The minimum Gasteiger partial charge on any atom is -0.481 e. The first-order chi connectivity index (χ1) is 10.7. The lowest BCUT2D eigenvalue weighted by atomic mass is 9.97. The molecule has 3 nitrogen and oxygen atoms in total. The van der Waals surface area contributed by atoms with E-state index in [-0.39, 0.29) is 5.91 Å². The molecule has 0 heterocycles. The van der Waals surface area contributed by atoms with Crippen molar-refractivity contribution in [1.29, 1.82) is 0 Å². The van der Waals surface area contributed by atoms with Crippen LogP contribution in [0.5, 0.6) is 5.75 Å². The van der Waals surface area contributed by atoms with Gasteiger partial charge in [0.25, 0.3) is 5.91 Å². The highest BCUT2D eigenvalue weighted by molar-refractivity contribution is 5.81. The summed E-state index contributed by atoms with van der Waals surface area (Å²) in [5.74, 6) is 0.738. The van der Waals surface area contributed by atoms with Gasteiger partial charge in [-0.3, -0.25) is 4.79 Å². The zero-order valence-corrected chi connectivity index (χ0v) is 13.7. The second-order valence-corrected chi connectivity index (χ2v) is 5.98. The van der Waals surface area contributed by atoms with E-state index < -0.39 is 6.10 Å². The van der Waals surface area contributed by atoms with E-state index in [0.717, 1.165) is 12.2 Å². The second kappa shape index (κ2) is 8.62. The molecule has 0 aliphatic heterocycles. The lowest BCUT2D eigenvalue weighted by molar-refractivity contribution is -0.128. The quantitative estimate of drug-likeness (QED) is 0.768. The van der Waals surface area contributed by atoms with Crippen LogP contribution in [0.15, 0.2) is 35.9 Å². The number of allylic oxidation sites excluding steroid dienone is 1. The SMILES string of the molecule is CC[C@@H](Oc1ccc(C)cc1)C(=O)NCCC1=CCCCC1. The Labute approximate surface area is 133 Å². The van der Waals surface area contributed by atoms with E-state index in [1.54, 1.807) is 0 Å². The number of carbonyl (C=O) groups excluding carboxylic acids is 1. The van der Waals surface area contributed by atoms with Gasteiger partial charge in [-0.1, -0.05) is 36.3 Å². The van der Waals surface area contributed by atoms with E-state index in [4.69, 9.17) is 4.74 Å². The van der Waals surface area contributed by atoms with Crippen LogP contribution in [0, 0.1) is 6.92 Å². The van der Waals surface area contributed by atoms with Crippen LogP contribution in [0.1, 0.15) is 51.0 Å². The third-order valence-electron chi connectivity index (χ3n) is 4.09. The van der Waals surface area contributed by atoms with Crippen molar-refractivity contribution in [1.82, 2.24) is 5.32 Å². The van der Waals surface area contributed by atoms with Crippen LogP contribution < -0.4 is 10.1 Å². The maximum absolute atomic E-state index is 12.2. The predicted octanol–water partition coefficient (Wildman–Crippen LogP) is 4.16. The van der Waals surface area contributed by atoms with Gasteiger partial charge in [-0.05, 0) is 57.6 Å². The van der Waals surface area contributed by atoms with Crippen molar-refractivity contribution >= 4 is 5.91 Å². The molecule has 0 saturated carbocycles. The molecule has 0 aromatic heterocycles. The van der Waals surface area contributed by atoms with E-state index in [2.05, 4.69) is 11.4 Å². The summed E-state index contributed by atoms with van der Waals surface area (Å²) in [7, 11) is 0. The van der Waals surface area contributed by atoms with Crippen molar-refractivity contribution in [2.45, 2.75) is 58.5 Å². The highest BCUT2D eigenvalue weighted by Crippen LogP contribution is 2.19. The van der Waals surface area contributed by atoms with Gasteiger partial charge in [-0.2, -0.15) is 0 Å². The summed E-state index contributed by atoms with van der Waals surface area (Å²) >= 11 is 0. The zero-order valence-electron chi connectivity index (χ0n) is 13.7. The molecule has 0 spiro atoms. The highest BCUT2D eigenvalue weighted by atomic mass is 16.5. The molecule has 1 aromatic rings. The third-order valence-corrected chi connectivity index (χ3v) is 4.09. The van der Waals surface area contributed by atoms with E-state index in [1.165, 1.54) is 36.8 Å². The smallest absolute Gasteiger partial charge is 0.261 e. The number of hydrogen-bond donors (Lipinski definition) is 1. The molecule has 0 unspecified atom stereocenters. The molecular formula is C19H27NO2. The van der Waals surface area contributed by atoms with Crippen molar-refractivity contribution < 1.29 is 9.53 Å². The molecule has 120 valence electrons. The Hall–Kier alpha value is -1.77. The molecule has 1 N–H and O–H groups in total. The van der Waals surface area contributed by atoms with Crippen LogP contribution in [-0.2, 0) is 4.79 Å². The lowest BCUT2D eigenvalue weighted by Crippen LogP contribution is -2.38. The van der Waals surface area contributed by atoms with Crippen molar-refractivity contribution in [3.63, 3.8) is 0 Å². The highest BCUT2D eigenvalue weighted by Gasteiger charge is 2.18. The fourth-order valence-corrected chi connectivity index (χ4v) is 2.70. The van der Waals surface area contributed by atoms with Crippen LogP contribution in [0.25, 0.3) is 0 Å². The molecule has 0 bridgehead atoms. The summed E-state index contributed by atoms with van der Waals surface area (Å²) in [6, 6.07) is 7.82. The fourth-order valence-electron chi connectivity index (χ4n) is 2.70. The van der Waals surface area contributed by atoms with Gasteiger partial charge in [0, 0.05) is 6.54 Å². The number of benzene rings is 1. The molecule has 2 rings (SSSR count). The third kappa shape index (κ3) is 5.21. The number of aryl methyl sites for hydroxylation is 1. The second-order valence-electron chi connectivity index (χ2n) is 5.98. The molecular weight excluding hydrogens is 274 g/mol. The normalized spacial score (nSPS) is 15.8. The molecule has 1 amide bonds. The lowest BCUT2D eigenvalue weighted by Gasteiger charge is -2.18. The van der Waals surface area contributed by atoms with Crippen molar-refractivity contribution in [2.75, 3.05) is 6.54 Å². The van der Waals surface area contributed by atoms with Crippen molar-refractivity contribution in [3.05, 3.63) is 41.5 Å². The van der Waals surface area contributed by atoms with E-state index in [0.29, 0.717) is 13.0 Å². The first-order valence-corrected chi connectivity index (χ1v) is 8.38. The number of nitrogens with one attached hydrogen (secondary N) is 1. The van der Waals surface area contributed by atoms with E-state index in [9.17, 15) is 4.79 Å². The van der Waals surface area contributed by atoms with Crippen LogP contribution in [0.3, 0.4) is 0 Å². The van der Waals surface area contributed by atoms with Gasteiger partial charge in [0.05, 0.1) is 0 Å². The Morgan fingerprint density at radius 3 is 2.68 bits per heavy atom. The number of carbonyl (C=O) groups is 1. The van der Waals surface area contributed by atoms with Gasteiger partial charge in [-0.25, -0.2) is 0 Å². The Balaban J connectivity index is 1.78. The largest absolute Gasteiger partial charge is 0.481 e. The van der Waals surface area contributed by atoms with Crippen LogP contribution in [0.4, 0.5) is 0 Å².